The molecule has 0 radical (unpaired) electrons. The number of halogens is 1. The summed E-state index contributed by atoms with van der Waals surface area (Å²) in [6.07, 6.45) is 2.81. The number of nitrogens with two attached hydrogens (primary N) is 1. The van der Waals surface area contributed by atoms with Gasteiger partial charge in [-0.15, -0.1) is 0 Å². The highest BCUT2D eigenvalue weighted by atomic mass is 79.9. The number of aromatic nitrogens is 2. The molecule has 0 saturated carbocycles. The molecule has 0 spiro atoms. The van der Waals surface area contributed by atoms with Gasteiger partial charge in [-0.2, -0.15) is 5.10 Å². The molecule has 2 atom stereocenters. The van der Waals surface area contributed by atoms with Gasteiger partial charge in [-0.25, -0.2) is 0 Å². The molecule has 0 aliphatic heterocycles. The van der Waals surface area contributed by atoms with Crippen LogP contribution in [0.25, 0.3) is 0 Å². The van der Waals surface area contributed by atoms with E-state index < -0.39 is 0 Å². The average molecular weight is 246 g/mol. The highest BCUT2D eigenvalue weighted by Crippen LogP contribution is 2.26. The topological polar surface area (TPSA) is 43.8 Å². The molecular weight excluding hydrogens is 230 g/mol. The molecule has 0 amide bonds. The molecule has 0 aromatic carbocycles. The predicted octanol–water partition coefficient (Wildman–Crippen LogP) is 2.02. The van der Waals surface area contributed by atoms with Gasteiger partial charge in [0.25, 0.3) is 0 Å². The summed E-state index contributed by atoms with van der Waals surface area (Å²) in [6.45, 7) is 4.20. The second kappa shape index (κ2) is 4.24. The van der Waals surface area contributed by atoms with E-state index in [9.17, 15) is 0 Å². The highest BCUT2D eigenvalue weighted by molar-refractivity contribution is 9.10. The maximum Gasteiger partial charge on any atom is 0.0635 e. The third-order valence-electron chi connectivity index (χ3n) is 2.13. The van der Waals surface area contributed by atoms with Crippen LogP contribution >= 0.6 is 15.9 Å². The van der Waals surface area contributed by atoms with Crippen molar-refractivity contribution in [2.45, 2.75) is 32.2 Å². The van der Waals surface area contributed by atoms with Crippen LogP contribution in [0.5, 0.6) is 0 Å². The predicted molar refractivity (Wildman–Crippen MR) is 57.6 cm³/mol. The molecule has 4 heteroatoms. The smallest absolute Gasteiger partial charge is 0.0635 e. The highest BCUT2D eigenvalue weighted by Gasteiger charge is 2.15. The Bertz CT molecular complexity index is 261. The van der Waals surface area contributed by atoms with Crippen LogP contribution in [0.15, 0.2) is 10.7 Å². The summed E-state index contributed by atoms with van der Waals surface area (Å²) in [5.74, 6) is 0.446. The van der Waals surface area contributed by atoms with Gasteiger partial charge in [0.15, 0.2) is 0 Å². The van der Waals surface area contributed by atoms with E-state index in [1.54, 1.807) is 0 Å². The van der Waals surface area contributed by atoms with Crippen LogP contribution in [0.4, 0.5) is 0 Å². The number of nitrogens with zero attached hydrogens (tertiary/aromatic N) is 2. The van der Waals surface area contributed by atoms with Crippen LogP contribution < -0.4 is 5.73 Å². The Morgan fingerprint density at radius 1 is 1.62 bits per heavy atom. The molecule has 13 heavy (non-hydrogen) atoms. The Morgan fingerprint density at radius 2 is 2.23 bits per heavy atom. The Kier molecular flexibility index (Phi) is 3.50. The Morgan fingerprint density at radius 3 is 2.62 bits per heavy atom. The lowest BCUT2D eigenvalue weighted by atomic mass is 10.00. The SMILES string of the molecule is CC(N)CC(C)c1c(Br)cnn1C. The zero-order valence-electron chi connectivity index (χ0n) is 8.29. The monoisotopic (exact) mass is 245 g/mol. The third kappa shape index (κ3) is 2.54. The van der Waals surface area contributed by atoms with Crippen molar-refractivity contribution in [2.75, 3.05) is 0 Å². The van der Waals surface area contributed by atoms with E-state index in [0.29, 0.717) is 5.92 Å². The number of hydrogen-bond donors (Lipinski definition) is 1. The van der Waals surface area contributed by atoms with Gasteiger partial charge in [0.1, 0.15) is 0 Å². The zero-order chi connectivity index (χ0) is 10.0. The number of rotatable bonds is 3. The van der Waals surface area contributed by atoms with Crippen molar-refractivity contribution in [3.05, 3.63) is 16.4 Å². The number of hydrogen-bond acceptors (Lipinski definition) is 2. The van der Waals surface area contributed by atoms with Crippen molar-refractivity contribution in [3.63, 3.8) is 0 Å². The Labute approximate surface area is 87.4 Å². The Balaban J connectivity index is 2.81. The molecule has 0 aliphatic rings. The maximum absolute atomic E-state index is 5.75. The van der Waals surface area contributed by atoms with E-state index in [-0.39, 0.29) is 6.04 Å². The molecule has 1 heterocycles. The number of aryl methyl sites for hydroxylation is 1. The molecule has 2 N–H and O–H groups in total. The quantitative estimate of drug-likeness (QED) is 0.886. The molecule has 1 aromatic rings. The van der Waals surface area contributed by atoms with Crippen molar-refractivity contribution >= 4 is 15.9 Å². The lowest BCUT2D eigenvalue weighted by molar-refractivity contribution is 0.546. The molecule has 3 nitrogen and oxygen atoms in total. The second-order valence-electron chi connectivity index (χ2n) is 3.62. The first-order valence-corrected chi connectivity index (χ1v) is 5.24. The minimum absolute atomic E-state index is 0.233. The van der Waals surface area contributed by atoms with Gasteiger partial charge in [-0.05, 0) is 29.3 Å². The van der Waals surface area contributed by atoms with Crippen molar-refractivity contribution in [2.24, 2.45) is 12.8 Å². The summed E-state index contributed by atoms with van der Waals surface area (Å²) < 4.78 is 2.97. The molecule has 1 aromatic heterocycles. The van der Waals surface area contributed by atoms with Gasteiger partial charge in [-0.1, -0.05) is 6.92 Å². The van der Waals surface area contributed by atoms with Crippen LogP contribution in [0.3, 0.4) is 0 Å². The van der Waals surface area contributed by atoms with Crippen molar-refractivity contribution in [1.29, 1.82) is 0 Å². The minimum atomic E-state index is 0.233. The lowest BCUT2D eigenvalue weighted by Crippen LogP contribution is -2.18. The fourth-order valence-electron chi connectivity index (χ4n) is 1.64. The van der Waals surface area contributed by atoms with Crippen LogP contribution in [-0.2, 0) is 7.05 Å². The largest absolute Gasteiger partial charge is 0.328 e. The van der Waals surface area contributed by atoms with Crippen LogP contribution in [0, 0.1) is 0 Å². The zero-order valence-corrected chi connectivity index (χ0v) is 9.87. The van der Waals surface area contributed by atoms with E-state index in [4.69, 9.17) is 5.73 Å². The summed E-state index contributed by atoms with van der Waals surface area (Å²) in [6, 6.07) is 0.233. The van der Waals surface area contributed by atoms with Gasteiger partial charge in [-0.3, -0.25) is 4.68 Å². The van der Waals surface area contributed by atoms with Gasteiger partial charge < -0.3 is 5.73 Å². The minimum Gasteiger partial charge on any atom is -0.328 e. The van der Waals surface area contributed by atoms with Crippen molar-refractivity contribution < 1.29 is 0 Å². The van der Waals surface area contributed by atoms with Crippen molar-refractivity contribution in [3.8, 4) is 0 Å². The average Bonchev–Trinajstić information content (AvgIpc) is 2.29. The Hall–Kier alpha value is -0.350. The molecule has 2 unspecified atom stereocenters. The molecule has 74 valence electrons. The molecule has 0 saturated heterocycles. The first-order valence-electron chi connectivity index (χ1n) is 4.45. The first-order chi connectivity index (χ1) is 6.02. The van der Waals surface area contributed by atoms with Gasteiger partial charge in [0.2, 0.25) is 0 Å². The molecule has 0 bridgehead atoms. The van der Waals surface area contributed by atoms with Gasteiger partial charge in [0.05, 0.1) is 16.4 Å². The van der Waals surface area contributed by atoms with Crippen LogP contribution in [-0.4, -0.2) is 15.8 Å². The molecule has 0 fully saturated rings. The standard InChI is InChI=1S/C9H16BrN3/c1-6(4-7(2)11)9-8(10)5-12-13(9)3/h5-7H,4,11H2,1-3H3. The third-order valence-corrected chi connectivity index (χ3v) is 2.74. The van der Waals surface area contributed by atoms with Crippen LogP contribution in [0.2, 0.25) is 0 Å². The van der Waals surface area contributed by atoms with Crippen molar-refractivity contribution in [1.82, 2.24) is 9.78 Å². The van der Waals surface area contributed by atoms with E-state index in [2.05, 4.69) is 28.0 Å². The normalized spacial score (nSPS) is 15.8. The first kappa shape index (κ1) is 10.7. The summed E-state index contributed by atoms with van der Waals surface area (Å²) in [5.41, 5.74) is 6.97. The summed E-state index contributed by atoms with van der Waals surface area (Å²) >= 11 is 3.48. The fraction of sp³-hybridized carbons (Fsp3) is 0.667. The molecular formula is C9H16BrN3. The van der Waals surface area contributed by atoms with Crippen LogP contribution in [0.1, 0.15) is 31.9 Å². The summed E-state index contributed by atoms with van der Waals surface area (Å²) in [5, 5.41) is 4.17. The van der Waals surface area contributed by atoms with Gasteiger partial charge in [0, 0.05) is 19.0 Å². The molecule has 1 rings (SSSR count). The van der Waals surface area contributed by atoms with E-state index in [0.717, 1.165) is 10.9 Å². The van der Waals surface area contributed by atoms with Gasteiger partial charge >= 0.3 is 0 Å². The van der Waals surface area contributed by atoms with E-state index in [1.165, 1.54) is 5.69 Å². The summed E-state index contributed by atoms with van der Waals surface area (Å²) in [7, 11) is 1.96. The fourth-order valence-corrected chi connectivity index (χ4v) is 2.38. The molecule has 0 aliphatic carbocycles. The van der Waals surface area contributed by atoms with E-state index >= 15 is 0 Å². The lowest BCUT2D eigenvalue weighted by Gasteiger charge is -2.14. The van der Waals surface area contributed by atoms with E-state index in [1.807, 2.05) is 24.9 Å². The summed E-state index contributed by atoms with van der Waals surface area (Å²) in [4.78, 5) is 0. The second-order valence-corrected chi connectivity index (χ2v) is 4.47. The maximum atomic E-state index is 5.75.